The number of hydrogen-bond acceptors (Lipinski definition) is 5. The van der Waals surface area contributed by atoms with E-state index in [4.69, 9.17) is 5.73 Å². The van der Waals surface area contributed by atoms with Gasteiger partial charge in [-0.15, -0.1) is 0 Å². The highest BCUT2D eigenvalue weighted by Crippen LogP contribution is 2.32. The van der Waals surface area contributed by atoms with E-state index in [1.807, 2.05) is 30.3 Å². The number of benzene rings is 1. The number of nitrogens with two attached hydrogens (primary N) is 1. The van der Waals surface area contributed by atoms with Gasteiger partial charge in [-0.3, -0.25) is 14.8 Å². The third-order valence-electron chi connectivity index (χ3n) is 3.50. The van der Waals surface area contributed by atoms with Crippen molar-refractivity contribution in [3.8, 4) is 0 Å². The zero-order valence-corrected chi connectivity index (χ0v) is 12.5. The quantitative estimate of drug-likeness (QED) is 0.760. The Morgan fingerprint density at radius 2 is 2.09 bits per heavy atom. The number of carbonyl (C=O) groups excluding carboxylic acids is 1. The summed E-state index contributed by atoms with van der Waals surface area (Å²) in [4.78, 5) is 20.1. The second kappa shape index (κ2) is 6.74. The van der Waals surface area contributed by atoms with E-state index >= 15 is 0 Å². The largest absolute Gasteiger partial charge is 0.404 e. The number of aromatic nitrogens is 1. The van der Waals surface area contributed by atoms with Crippen LogP contribution < -0.4 is 16.4 Å². The minimum Gasteiger partial charge on any atom is -0.404 e. The molecule has 0 unspecified atom stereocenters. The summed E-state index contributed by atoms with van der Waals surface area (Å²) < 4.78 is 0. The van der Waals surface area contributed by atoms with Crippen LogP contribution in [0.2, 0.25) is 0 Å². The van der Waals surface area contributed by atoms with Gasteiger partial charge in [0, 0.05) is 48.9 Å². The van der Waals surface area contributed by atoms with Crippen molar-refractivity contribution in [2.24, 2.45) is 10.7 Å². The average molecular weight is 307 g/mol. The Balaban J connectivity index is 1.95. The fourth-order valence-electron chi connectivity index (χ4n) is 2.38. The van der Waals surface area contributed by atoms with Crippen molar-refractivity contribution >= 4 is 34.8 Å². The van der Waals surface area contributed by atoms with Crippen LogP contribution in [0, 0.1) is 0 Å². The summed E-state index contributed by atoms with van der Waals surface area (Å²) in [7, 11) is 0. The smallest absolute Gasteiger partial charge is 0.226 e. The lowest BCUT2D eigenvalue weighted by Crippen LogP contribution is -2.10. The van der Waals surface area contributed by atoms with Crippen molar-refractivity contribution in [2.75, 3.05) is 17.2 Å². The molecule has 1 amide bonds. The van der Waals surface area contributed by atoms with Gasteiger partial charge in [0.1, 0.15) is 0 Å². The van der Waals surface area contributed by atoms with Gasteiger partial charge in [0.05, 0.1) is 17.1 Å². The summed E-state index contributed by atoms with van der Waals surface area (Å²) in [6.45, 7) is 0.579. The minimum atomic E-state index is -0.00266. The highest BCUT2D eigenvalue weighted by Gasteiger charge is 2.16. The first-order valence-corrected chi connectivity index (χ1v) is 7.31. The molecule has 0 saturated carbocycles. The second-order valence-corrected chi connectivity index (χ2v) is 5.04. The molecule has 0 spiro atoms. The first-order chi connectivity index (χ1) is 11.3. The summed E-state index contributed by atoms with van der Waals surface area (Å²) in [5.41, 5.74) is 9.85. The topological polar surface area (TPSA) is 92.4 Å². The predicted octanol–water partition coefficient (Wildman–Crippen LogP) is 2.54. The Hall–Kier alpha value is -3.15. The van der Waals surface area contributed by atoms with Crippen molar-refractivity contribution in [1.82, 2.24) is 4.98 Å². The molecule has 3 rings (SSSR count). The predicted molar refractivity (Wildman–Crippen MR) is 92.7 cm³/mol. The molecule has 1 aromatic heterocycles. The number of rotatable bonds is 3. The third-order valence-corrected chi connectivity index (χ3v) is 3.50. The van der Waals surface area contributed by atoms with E-state index in [0.29, 0.717) is 13.0 Å². The fraction of sp³-hybridized carbons (Fsp3) is 0.118. The lowest BCUT2D eigenvalue weighted by molar-refractivity contribution is -0.115. The summed E-state index contributed by atoms with van der Waals surface area (Å²) >= 11 is 0. The molecule has 116 valence electrons. The summed E-state index contributed by atoms with van der Waals surface area (Å²) in [6.07, 6.45) is 7.02. The van der Waals surface area contributed by atoms with Crippen molar-refractivity contribution in [1.29, 1.82) is 0 Å². The number of fused-ring (bicyclic) bond motifs is 1. The van der Waals surface area contributed by atoms with Gasteiger partial charge < -0.3 is 16.4 Å². The van der Waals surface area contributed by atoms with Crippen molar-refractivity contribution < 1.29 is 4.79 Å². The molecule has 2 heterocycles. The Bertz CT molecular complexity index is 768. The van der Waals surface area contributed by atoms with Gasteiger partial charge in [-0.2, -0.15) is 0 Å². The highest BCUT2D eigenvalue weighted by molar-refractivity contribution is 6.14. The summed E-state index contributed by atoms with van der Waals surface area (Å²) in [5.74, 6) is -0.00266. The molecular formula is C17H17N5O. The lowest BCUT2D eigenvalue weighted by Gasteiger charge is -2.13. The van der Waals surface area contributed by atoms with Gasteiger partial charge in [-0.05, 0) is 18.2 Å². The van der Waals surface area contributed by atoms with E-state index in [2.05, 4.69) is 20.6 Å². The van der Waals surface area contributed by atoms with Crippen LogP contribution in [0.4, 0.5) is 17.1 Å². The van der Waals surface area contributed by atoms with Crippen LogP contribution in [0.15, 0.2) is 53.9 Å². The minimum absolute atomic E-state index is 0.00266. The molecule has 1 aliphatic rings. The molecule has 1 aliphatic heterocycles. The average Bonchev–Trinajstić information content (AvgIpc) is 2.77. The van der Waals surface area contributed by atoms with Crippen molar-refractivity contribution in [3.63, 3.8) is 0 Å². The van der Waals surface area contributed by atoms with Gasteiger partial charge in [-0.25, -0.2) is 0 Å². The molecule has 0 atom stereocenters. The maximum atomic E-state index is 11.7. The molecule has 0 fully saturated rings. The van der Waals surface area contributed by atoms with Gasteiger partial charge in [0.25, 0.3) is 0 Å². The monoisotopic (exact) mass is 307 g/mol. The van der Waals surface area contributed by atoms with Crippen LogP contribution in [0.25, 0.3) is 5.57 Å². The Morgan fingerprint density at radius 3 is 2.87 bits per heavy atom. The van der Waals surface area contributed by atoms with E-state index in [9.17, 15) is 4.79 Å². The van der Waals surface area contributed by atoms with Crippen LogP contribution in [-0.2, 0) is 4.79 Å². The molecule has 6 nitrogen and oxygen atoms in total. The van der Waals surface area contributed by atoms with Crippen LogP contribution in [0.5, 0.6) is 0 Å². The molecule has 0 saturated heterocycles. The molecular weight excluding hydrogens is 290 g/mol. The number of aliphatic imine (C=N–C) groups is 1. The second-order valence-electron chi connectivity index (χ2n) is 5.04. The molecule has 0 bridgehead atoms. The van der Waals surface area contributed by atoms with Gasteiger partial charge in [-0.1, -0.05) is 12.1 Å². The zero-order chi connectivity index (χ0) is 16.1. The van der Waals surface area contributed by atoms with Crippen molar-refractivity contribution in [2.45, 2.75) is 6.42 Å². The number of nitrogens with zero attached hydrogens (tertiary/aromatic N) is 2. The fourth-order valence-corrected chi connectivity index (χ4v) is 2.38. The Labute approximate surface area is 134 Å². The third kappa shape index (κ3) is 3.37. The van der Waals surface area contributed by atoms with E-state index in [0.717, 1.165) is 28.2 Å². The maximum absolute atomic E-state index is 11.7. The normalized spacial score (nSPS) is 14.8. The SMILES string of the molecule is NC=C(C=Nc1ccncc1)c1cccc2c1NCCC(=O)N2. The number of nitrogens with one attached hydrogen (secondary N) is 2. The first kappa shape index (κ1) is 14.8. The Kier molecular flexibility index (Phi) is 4.33. The molecule has 2 aromatic rings. The molecule has 1 aromatic carbocycles. The van der Waals surface area contributed by atoms with Crippen LogP contribution in [0.3, 0.4) is 0 Å². The summed E-state index contributed by atoms with van der Waals surface area (Å²) in [5, 5.41) is 6.18. The summed E-state index contributed by atoms with van der Waals surface area (Å²) in [6, 6.07) is 9.32. The van der Waals surface area contributed by atoms with Crippen LogP contribution in [-0.4, -0.2) is 23.7 Å². The number of para-hydroxylation sites is 1. The molecule has 23 heavy (non-hydrogen) atoms. The number of carbonyl (C=O) groups is 1. The van der Waals surface area contributed by atoms with E-state index < -0.39 is 0 Å². The number of amides is 1. The van der Waals surface area contributed by atoms with E-state index in [1.165, 1.54) is 6.20 Å². The lowest BCUT2D eigenvalue weighted by atomic mass is 10.0. The number of hydrogen-bond donors (Lipinski definition) is 3. The molecule has 4 N–H and O–H groups in total. The maximum Gasteiger partial charge on any atom is 0.226 e. The van der Waals surface area contributed by atoms with Gasteiger partial charge >= 0.3 is 0 Å². The van der Waals surface area contributed by atoms with E-state index in [-0.39, 0.29) is 5.91 Å². The molecule has 6 heteroatoms. The Morgan fingerprint density at radius 1 is 1.26 bits per heavy atom. The number of pyridine rings is 1. The van der Waals surface area contributed by atoms with E-state index in [1.54, 1.807) is 18.6 Å². The van der Waals surface area contributed by atoms with Crippen LogP contribution in [0.1, 0.15) is 12.0 Å². The standard InChI is InChI=1S/C17H17N5O/c18-10-12(11-21-13-4-7-19-8-5-13)14-2-1-3-15-17(14)20-9-6-16(23)22-15/h1-5,7-8,10-11,20H,6,9,18H2,(H,22,23). The number of allylic oxidation sites excluding steroid dienone is 1. The highest BCUT2D eigenvalue weighted by atomic mass is 16.1. The molecule has 0 radical (unpaired) electrons. The molecule has 0 aliphatic carbocycles. The number of anilines is 2. The van der Waals surface area contributed by atoms with Crippen LogP contribution >= 0.6 is 0 Å². The zero-order valence-electron chi connectivity index (χ0n) is 12.5. The van der Waals surface area contributed by atoms with Gasteiger partial charge in [0.15, 0.2) is 0 Å². The van der Waals surface area contributed by atoms with Crippen molar-refractivity contribution in [3.05, 3.63) is 54.5 Å². The first-order valence-electron chi connectivity index (χ1n) is 7.31. The van der Waals surface area contributed by atoms with Gasteiger partial charge in [0.2, 0.25) is 5.91 Å².